The van der Waals surface area contributed by atoms with Crippen LogP contribution in [-0.4, -0.2) is 41.0 Å². The number of rotatable bonds is 6. The smallest absolute Gasteiger partial charge is 0.295 e. The molecule has 1 unspecified atom stereocenters. The molecule has 0 radical (unpaired) electrons. The molecule has 32 heavy (non-hydrogen) atoms. The number of aliphatic hydroxyl groups excluding tert-OH is 1. The van der Waals surface area contributed by atoms with Gasteiger partial charge < -0.3 is 14.7 Å². The number of hydrogen-bond acceptors (Lipinski definition) is 4. The van der Waals surface area contributed by atoms with Crippen LogP contribution >= 0.6 is 0 Å². The average molecular weight is 434 g/mol. The van der Waals surface area contributed by atoms with Crippen LogP contribution in [0.3, 0.4) is 0 Å². The highest BCUT2D eigenvalue weighted by atomic mass is 16.5. The second-order valence-electron chi connectivity index (χ2n) is 9.02. The van der Waals surface area contributed by atoms with Gasteiger partial charge in [0.2, 0.25) is 0 Å². The normalized spacial score (nSPS) is 20.1. The zero-order valence-corrected chi connectivity index (χ0v) is 19.1. The summed E-state index contributed by atoms with van der Waals surface area (Å²) >= 11 is 0. The number of nitrogens with zero attached hydrogens (tertiary/aromatic N) is 1. The summed E-state index contributed by atoms with van der Waals surface area (Å²) in [4.78, 5) is 27.7. The number of aryl methyl sites for hydroxylation is 3. The Labute approximate surface area is 189 Å². The molecular weight excluding hydrogens is 402 g/mol. The van der Waals surface area contributed by atoms with Crippen molar-refractivity contribution in [1.82, 2.24) is 4.90 Å². The number of likely N-dealkylation sites (tertiary alicyclic amines) is 1. The maximum absolute atomic E-state index is 13.1. The van der Waals surface area contributed by atoms with Crippen molar-refractivity contribution in [2.45, 2.75) is 58.6 Å². The molecule has 1 fully saturated rings. The summed E-state index contributed by atoms with van der Waals surface area (Å²) < 4.78 is 5.65. The Balaban J connectivity index is 1.79. The van der Waals surface area contributed by atoms with Crippen LogP contribution < -0.4 is 0 Å². The largest absolute Gasteiger partial charge is 0.507 e. The first-order valence-electron chi connectivity index (χ1n) is 11.5. The van der Waals surface area contributed by atoms with Crippen molar-refractivity contribution in [1.29, 1.82) is 0 Å². The Morgan fingerprint density at radius 2 is 1.84 bits per heavy atom. The van der Waals surface area contributed by atoms with E-state index in [4.69, 9.17) is 4.74 Å². The molecule has 2 aromatic carbocycles. The van der Waals surface area contributed by atoms with Gasteiger partial charge in [-0.25, -0.2) is 0 Å². The zero-order chi connectivity index (χ0) is 22.8. The molecule has 2 aromatic rings. The Kier molecular flexibility index (Phi) is 6.47. The van der Waals surface area contributed by atoms with E-state index >= 15 is 0 Å². The molecular formula is C27H31NO4. The van der Waals surface area contributed by atoms with E-state index in [1.165, 1.54) is 22.4 Å². The number of aliphatic hydroxyl groups is 1. The fraction of sp³-hybridized carbons (Fsp3) is 0.407. The summed E-state index contributed by atoms with van der Waals surface area (Å²) in [5.74, 6) is -1.34. The Bertz CT molecular complexity index is 1070. The summed E-state index contributed by atoms with van der Waals surface area (Å²) in [7, 11) is 0. The SMILES string of the molecule is Cc1cccc(C2/C(=C(/O)c3ccc4c(c3)CCCC4)C(=O)C(=O)N2CCOC(C)C)c1. The quantitative estimate of drug-likeness (QED) is 0.407. The molecule has 1 saturated heterocycles. The van der Waals surface area contributed by atoms with E-state index in [0.717, 1.165) is 30.4 Å². The maximum atomic E-state index is 13.1. The number of amides is 1. The minimum atomic E-state index is -0.642. The number of carbonyl (C=O) groups excluding carboxylic acids is 2. The van der Waals surface area contributed by atoms with E-state index < -0.39 is 17.7 Å². The fourth-order valence-corrected chi connectivity index (χ4v) is 4.72. The molecule has 1 aliphatic heterocycles. The predicted octanol–water partition coefficient (Wildman–Crippen LogP) is 4.72. The van der Waals surface area contributed by atoms with E-state index in [-0.39, 0.29) is 24.0 Å². The third-order valence-corrected chi connectivity index (χ3v) is 6.30. The van der Waals surface area contributed by atoms with Crippen molar-refractivity contribution in [2.24, 2.45) is 0 Å². The van der Waals surface area contributed by atoms with Crippen molar-refractivity contribution in [2.75, 3.05) is 13.2 Å². The summed E-state index contributed by atoms with van der Waals surface area (Å²) in [6.07, 6.45) is 4.34. The fourth-order valence-electron chi connectivity index (χ4n) is 4.72. The standard InChI is InChI=1S/C27H31NO4/c1-17(2)32-14-13-28-24(21-10-6-7-18(3)15-21)23(26(30)27(28)31)25(29)22-12-11-19-8-4-5-9-20(19)16-22/h6-7,10-12,15-17,24,29H,4-5,8-9,13-14H2,1-3H3/b25-23-. The first-order chi connectivity index (χ1) is 15.4. The van der Waals surface area contributed by atoms with Crippen LogP contribution in [0.25, 0.3) is 5.76 Å². The monoisotopic (exact) mass is 433 g/mol. The van der Waals surface area contributed by atoms with Gasteiger partial charge in [-0.3, -0.25) is 9.59 Å². The summed E-state index contributed by atoms with van der Waals surface area (Å²) in [5, 5.41) is 11.3. The van der Waals surface area contributed by atoms with Crippen molar-refractivity contribution in [3.05, 3.63) is 75.9 Å². The molecule has 2 aliphatic rings. The van der Waals surface area contributed by atoms with Gasteiger partial charge >= 0.3 is 0 Å². The highest BCUT2D eigenvalue weighted by Gasteiger charge is 2.46. The lowest BCUT2D eigenvalue weighted by Gasteiger charge is -2.26. The predicted molar refractivity (Wildman–Crippen MR) is 124 cm³/mol. The Hall–Kier alpha value is -2.92. The van der Waals surface area contributed by atoms with Crippen molar-refractivity contribution in [3.63, 3.8) is 0 Å². The molecule has 1 amide bonds. The molecule has 168 valence electrons. The van der Waals surface area contributed by atoms with Gasteiger partial charge in [0.1, 0.15) is 5.76 Å². The number of ether oxygens (including phenoxy) is 1. The second-order valence-corrected chi connectivity index (χ2v) is 9.02. The lowest BCUT2D eigenvalue weighted by molar-refractivity contribution is -0.140. The van der Waals surface area contributed by atoms with E-state index in [0.29, 0.717) is 12.2 Å². The molecule has 1 atom stereocenters. The number of ketones is 1. The van der Waals surface area contributed by atoms with Crippen molar-refractivity contribution < 1.29 is 19.4 Å². The molecule has 5 nitrogen and oxygen atoms in total. The molecule has 1 N–H and O–H groups in total. The van der Waals surface area contributed by atoms with Crippen LogP contribution in [0.5, 0.6) is 0 Å². The highest BCUT2D eigenvalue weighted by Crippen LogP contribution is 2.40. The van der Waals surface area contributed by atoms with Crippen LogP contribution in [0.4, 0.5) is 0 Å². The van der Waals surface area contributed by atoms with Gasteiger partial charge in [-0.2, -0.15) is 0 Å². The van der Waals surface area contributed by atoms with Crippen LogP contribution in [-0.2, 0) is 27.2 Å². The molecule has 0 saturated carbocycles. The summed E-state index contributed by atoms with van der Waals surface area (Å²) in [6, 6.07) is 13.0. The van der Waals surface area contributed by atoms with Gasteiger partial charge in [0.15, 0.2) is 0 Å². The van der Waals surface area contributed by atoms with Crippen LogP contribution in [0.15, 0.2) is 48.0 Å². The minimum absolute atomic E-state index is 0.0275. The third kappa shape index (κ3) is 4.35. The molecule has 1 heterocycles. The number of benzene rings is 2. The minimum Gasteiger partial charge on any atom is -0.507 e. The number of Topliss-reactive ketones (excluding diaryl/α,β-unsaturated/α-hetero) is 1. The number of hydrogen-bond donors (Lipinski definition) is 1. The van der Waals surface area contributed by atoms with Gasteiger partial charge in [0.25, 0.3) is 11.7 Å². The summed E-state index contributed by atoms with van der Waals surface area (Å²) in [5.41, 5.74) is 5.11. The van der Waals surface area contributed by atoms with Gasteiger partial charge in [0, 0.05) is 12.1 Å². The zero-order valence-electron chi connectivity index (χ0n) is 19.1. The topological polar surface area (TPSA) is 66.8 Å². The molecule has 0 spiro atoms. The average Bonchev–Trinajstić information content (AvgIpc) is 3.03. The van der Waals surface area contributed by atoms with Crippen molar-refractivity contribution in [3.8, 4) is 0 Å². The van der Waals surface area contributed by atoms with Gasteiger partial charge in [-0.1, -0.05) is 42.0 Å². The lowest BCUT2D eigenvalue weighted by Crippen LogP contribution is -2.33. The number of carbonyl (C=O) groups is 2. The molecule has 0 aromatic heterocycles. The van der Waals surface area contributed by atoms with Gasteiger partial charge in [-0.15, -0.1) is 0 Å². The van der Waals surface area contributed by atoms with E-state index in [9.17, 15) is 14.7 Å². The molecule has 4 rings (SSSR count). The van der Waals surface area contributed by atoms with E-state index in [1.807, 2.05) is 63.2 Å². The van der Waals surface area contributed by atoms with E-state index in [1.54, 1.807) is 0 Å². The summed E-state index contributed by atoms with van der Waals surface area (Å²) in [6.45, 7) is 6.44. The Morgan fingerprint density at radius 3 is 2.56 bits per heavy atom. The van der Waals surface area contributed by atoms with E-state index in [2.05, 4.69) is 0 Å². The van der Waals surface area contributed by atoms with Crippen LogP contribution in [0.1, 0.15) is 60.5 Å². The van der Waals surface area contributed by atoms with Gasteiger partial charge in [0.05, 0.1) is 24.3 Å². The first-order valence-corrected chi connectivity index (χ1v) is 11.5. The first kappa shape index (κ1) is 22.3. The molecule has 1 aliphatic carbocycles. The van der Waals surface area contributed by atoms with Gasteiger partial charge in [-0.05, 0) is 69.2 Å². The number of fused-ring (bicyclic) bond motifs is 1. The second kappa shape index (κ2) is 9.29. The van der Waals surface area contributed by atoms with Crippen molar-refractivity contribution >= 4 is 17.4 Å². The molecule has 0 bridgehead atoms. The Morgan fingerprint density at radius 1 is 1.09 bits per heavy atom. The van der Waals surface area contributed by atoms with Crippen LogP contribution in [0, 0.1) is 6.92 Å². The third-order valence-electron chi connectivity index (χ3n) is 6.30. The highest BCUT2D eigenvalue weighted by molar-refractivity contribution is 6.46. The lowest BCUT2D eigenvalue weighted by atomic mass is 9.88. The van der Waals surface area contributed by atoms with Crippen LogP contribution in [0.2, 0.25) is 0 Å². The maximum Gasteiger partial charge on any atom is 0.295 e. The molecule has 5 heteroatoms.